The second-order valence-corrected chi connectivity index (χ2v) is 8.03. The molecule has 0 atom stereocenters. The predicted octanol–water partition coefficient (Wildman–Crippen LogP) is 2.11. The number of nitrogens with zero attached hydrogens (tertiary/aromatic N) is 4. The van der Waals surface area contributed by atoms with Crippen molar-refractivity contribution >= 4 is 10.0 Å². The lowest BCUT2D eigenvalue weighted by Gasteiger charge is -2.29. The van der Waals surface area contributed by atoms with Crippen LogP contribution < -0.4 is 4.74 Å². The van der Waals surface area contributed by atoms with E-state index in [9.17, 15) is 21.6 Å². The van der Waals surface area contributed by atoms with Gasteiger partial charge in [-0.3, -0.25) is 4.68 Å². The Morgan fingerprint density at radius 3 is 2.35 bits per heavy atom. The van der Waals surface area contributed by atoms with Gasteiger partial charge in [-0.1, -0.05) is 0 Å². The van der Waals surface area contributed by atoms with E-state index in [2.05, 4.69) is 10.1 Å². The fourth-order valence-electron chi connectivity index (χ4n) is 2.59. The molecule has 1 aliphatic rings. The van der Waals surface area contributed by atoms with E-state index in [1.165, 1.54) is 35.3 Å². The third-order valence-corrected chi connectivity index (χ3v) is 6.45. The highest BCUT2D eigenvalue weighted by molar-refractivity contribution is 7.89. The standard InChI is InChI=1S/C15H17F3N4O3S/c1-21-13(19-10-20-21)9-25-11-3-5-12(6-4-11)26(23,24)22(2)14(7-8-14)15(16,17)18/h3-6,10H,7-9H2,1-2H3. The molecule has 0 N–H and O–H groups in total. The van der Waals surface area contributed by atoms with E-state index < -0.39 is 21.7 Å². The van der Waals surface area contributed by atoms with Gasteiger partial charge in [0.2, 0.25) is 10.0 Å². The summed E-state index contributed by atoms with van der Waals surface area (Å²) < 4.78 is 72.0. The Kier molecular flexibility index (Phi) is 4.47. The number of halogens is 3. The molecule has 1 aliphatic carbocycles. The van der Waals surface area contributed by atoms with Gasteiger partial charge in [0.1, 0.15) is 24.2 Å². The molecule has 0 aliphatic heterocycles. The van der Waals surface area contributed by atoms with E-state index in [4.69, 9.17) is 4.74 Å². The molecule has 7 nitrogen and oxygen atoms in total. The van der Waals surface area contributed by atoms with Crippen LogP contribution in [0.25, 0.3) is 0 Å². The Labute approximate surface area is 148 Å². The van der Waals surface area contributed by atoms with Crippen molar-refractivity contribution in [2.45, 2.75) is 36.1 Å². The van der Waals surface area contributed by atoms with Gasteiger partial charge in [-0.2, -0.15) is 22.6 Å². The average molecular weight is 390 g/mol. The SMILES string of the molecule is CN(C1(C(F)(F)F)CC1)S(=O)(=O)c1ccc(OCc2ncnn2C)cc1. The third-order valence-electron chi connectivity index (χ3n) is 4.51. The fourth-order valence-corrected chi connectivity index (χ4v) is 4.13. The number of ether oxygens (including phenoxy) is 1. The molecule has 1 saturated carbocycles. The fraction of sp³-hybridized carbons (Fsp3) is 0.467. The smallest absolute Gasteiger partial charge is 0.407 e. The van der Waals surface area contributed by atoms with Crippen LogP contribution >= 0.6 is 0 Å². The van der Waals surface area contributed by atoms with Gasteiger partial charge in [0, 0.05) is 14.1 Å². The van der Waals surface area contributed by atoms with E-state index in [0.29, 0.717) is 15.9 Å². The minimum atomic E-state index is -4.60. The number of sulfonamides is 1. The van der Waals surface area contributed by atoms with Crippen LogP contribution in [0.1, 0.15) is 18.7 Å². The van der Waals surface area contributed by atoms with Crippen molar-refractivity contribution in [1.29, 1.82) is 0 Å². The van der Waals surface area contributed by atoms with Crippen molar-refractivity contribution in [2.24, 2.45) is 7.05 Å². The molecule has 26 heavy (non-hydrogen) atoms. The quantitative estimate of drug-likeness (QED) is 0.755. The van der Waals surface area contributed by atoms with Crippen LogP contribution in [0, 0.1) is 0 Å². The summed E-state index contributed by atoms with van der Waals surface area (Å²) in [6, 6.07) is 5.24. The van der Waals surface area contributed by atoms with Crippen LogP contribution in [0.5, 0.6) is 5.75 Å². The van der Waals surface area contributed by atoms with Crippen molar-refractivity contribution in [2.75, 3.05) is 7.05 Å². The van der Waals surface area contributed by atoms with Crippen molar-refractivity contribution in [1.82, 2.24) is 19.1 Å². The molecule has 2 aromatic rings. The number of benzene rings is 1. The first kappa shape index (κ1) is 18.6. The zero-order chi connectivity index (χ0) is 19.2. The second kappa shape index (κ2) is 6.23. The molecule has 0 radical (unpaired) electrons. The highest BCUT2D eigenvalue weighted by Crippen LogP contribution is 2.54. The minimum absolute atomic E-state index is 0.125. The molecule has 0 amide bonds. The van der Waals surface area contributed by atoms with E-state index >= 15 is 0 Å². The number of hydrogen-bond acceptors (Lipinski definition) is 5. The van der Waals surface area contributed by atoms with Crippen LogP contribution in [0.2, 0.25) is 0 Å². The van der Waals surface area contributed by atoms with E-state index in [1.54, 1.807) is 7.05 Å². The Morgan fingerprint density at radius 2 is 1.88 bits per heavy atom. The minimum Gasteiger partial charge on any atom is -0.486 e. The van der Waals surface area contributed by atoms with Crippen molar-refractivity contribution in [3.05, 3.63) is 36.4 Å². The second-order valence-electron chi connectivity index (χ2n) is 6.06. The number of hydrogen-bond donors (Lipinski definition) is 0. The van der Waals surface area contributed by atoms with Crippen LogP contribution in [-0.2, 0) is 23.7 Å². The van der Waals surface area contributed by atoms with E-state index in [1.807, 2.05) is 0 Å². The lowest BCUT2D eigenvalue weighted by Crippen LogP contribution is -2.48. The summed E-state index contributed by atoms with van der Waals surface area (Å²) in [5, 5.41) is 3.89. The molecule has 0 unspecified atom stereocenters. The van der Waals surface area contributed by atoms with E-state index in [0.717, 1.165) is 7.05 Å². The zero-order valence-corrected chi connectivity index (χ0v) is 14.9. The summed E-state index contributed by atoms with van der Waals surface area (Å²) in [4.78, 5) is 3.76. The number of alkyl halides is 3. The lowest BCUT2D eigenvalue weighted by molar-refractivity contribution is -0.180. The van der Waals surface area contributed by atoms with Gasteiger partial charge in [0.05, 0.1) is 4.90 Å². The Hall–Kier alpha value is -2.14. The topological polar surface area (TPSA) is 77.3 Å². The first-order valence-corrected chi connectivity index (χ1v) is 9.13. The summed E-state index contributed by atoms with van der Waals surface area (Å²) in [7, 11) is -1.60. The summed E-state index contributed by atoms with van der Waals surface area (Å²) in [5.41, 5.74) is -2.30. The van der Waals surface area contributed by atoms with Gasteiger partial charge in [-0.15, -0.1) is 0 Å². The van der Waals surface area contributed by atoms with Crippen LogP contribution in [0.15, 0.2) is 35.5 Å². The first-order chi connectivity index (χ1) is 12.1. The summed E-state index contributed by atoms with van der Waals surface area (Å²) in [6.45, 7) is 0.125. The molecule has 142 valence electrons. The van der Waals surface area contributed by atoms with Gasteiger partial charge in [-0.25, -0.2) is 13.4 Å². The van der Waals surface area contributed by atoms with Crippen molar-refractivity contribution in [3.8, 4) is 5.75 Å². The van der Waals surface area contributed by atoms with Crippen LogP contribution in [-0.4, -0.2) is 46.3 Å². The molecule has 3 rings (SSSR count). The first-order valence-electron chi connectivity index (χ1n) is 7.69. The molecular formula is C15H17F3N4O3S. The maximum Gasteiger partial charge on any atom is 0.407 e. The molecule has 0 saturated heterocycles. The maximum atomic E-state index is 13.2. The Bertz CT molecular complexity index is 890. The Balaban J connectivity index is 1.74. The lowest BCUT2D eigenvalue weighted by atomic mass is 10.3. The van der Waals surface area contributed by atoms with Gasteiger partial charge in [0.25, 0.3) is 0 Å². The Morgan fingerprint density at radius 1 is 1.27 bits per heavy atom. The van der Waals surface area contributed by atoms with E-state index in [-0.39, 0.29) is 24.3 Å². The van der Waals surface area contributed by atoms with Crippen LogP contribution in [0.3, 0.4) is 0 Å². The molecule has 1 aromatic heterocycles. The van der Waals surface area contributed by atoms with Crippen molar-refractivity contribution < 1.29 is 26.3 Å². The normalized spacial score (nSPS) is 16.7. The molecule has 1 aromatic carbocycles. The predicted molar refractivity (Wildman–Crippen MR) is 84.7 cm³/mol. The largest absolute Gasteiger partial charge is 0.486 e. The molecule has 11 heteroatoms. The zero-order valence-electron chi connectivity index (χ0n) is 14.1. The summed E-state index contributed by atoms with van der Waals surface area (Å²) in [6.07, 6.45) is -3.69. The average Bonchev–Trinajstić information content (AvgIpc) is 3.30. The van der Waals surface area contributed by atoms with Crippen molar-refractivity contribution in [3.63, 3.8) is 0 Å². The maximum absolute atomic E-state index is 13.2. The third kappa shape index (κ3) is 3.16. The van der Waals surface area contributed by atoms with Gasteiger partial charge in [0.15, 0.2) is 5.82 Å². The summed E-state index contributed by atoms with van der Waals surface area (Å²) >= 11 is 0. The van der Waals surface area contributed by atoms with Gasteiger partial charge in [-0.05, 0) is 37.1 Å². The number of aromatic nitrogens is 3. The molecular weight excluding hydrogens is 373 g/mol. The van der Waals surface area contributed by atoms with Gasteiger partial charge < -0.3 is 4.74 Å². The molecule has 0 spiro atoms. The molecule has 0 bridgehead atoms. The molecule has 1 heterocycles. The van der Waals surface area contributed by atoms with Crippen LogP contribution in [0.4, 0.5) is 13.2 Å². The summed E-state index contributed by atoms with van der Waals surface area (Å²) in [5.74, 6) is 0.939. The highest BCUT2D eigenvalue weighted by Gasteiger charge is 2.68. The monoisotopic (exact) mass is 390 g/mol. The van der Waals surface area contributed by atoms with Gasteiger partial charge >= 0.3 is 6.18 Å². The molecule has 1 fully saturated rings. The highest BCUT2D eigenvalue weighted by atomic mass is 32.2. The number of rotatable bonds is 6. The number of aryl methyl sites for hydroxylation is 1.